The lowest BCUT2D eigenvalue weighted by Crippen LogP contribution is -2.14. The van der Waals surface area contributed by atoms with Gasteiger partial charge in [-0.2, -0.15) is 0 Å². The van der Waals surface area contributed by atoms with E-state index in [-0.39, 0.29) is 11.8 Å². The van der Waals surface area contributed by atoms with Crippen molar-refractivity contribution in [1.82, 2.24) is 0 Å². The monoisotopic (exact) mass is 374 g/mol. The molecule has 0 radical (unpaired) electrons. The summed E-state index contributed by atoms with van der Waals surface area (Å²) in [6.07, 6.45) is 0. The van der Waals surface area contributed by atoms with E-state index in [1.54, 1.807) is 42.5 Å². The van der Waals surface area contributed by atoms with Crippen LogP contribution in [0.15, 0.2) is 72.8 Å². The van der Waals surface area contributed by atoms with Crippen molar-refractivity contribution in [2.45, 2.75) is 13.8 Å². The van der Waals surface area contributed by atoms with Crippen LogP contribution in [0.4, 0.5) is 11.4 Å². The Bertz CT molecular complexity index is 981. The Morgan fingerprint density at radius 3 is 2.25 bits per heavy atom. The van der Waals surface area contributed by atoms with Crippen molar-refractivity contribution in [2.24, 2.45) is 0 Å². The third-order valence-electron chi connectivity index (χ3n) is 4.11. The SMILES string of the molecule is CCOc1ccccc1C(=O)Nc1ccc(C(=O)Nc2cccc(C)c2)cc1. The summed E-state index contributed by atoms with van der Waals surface area (Å²) in [5.74, 6) is 0.0721. The normalized spacial score (nSPS) is 10.2. The molecule has 3 aromatic rings. The van der Waals surface area contributed by atoms with Crippen LogP contribution in [-0.2, 0) is 0 Å². The summed E-state index contributed by atoms with van der Waals surface area (Å²) in [6, 6.07) is 21.4. The van der Waals surface area contributed by atoms with Gasteiger partial charge in [0.05, 0.1) is 12.2 Å². The van der Waals surface area contributed by atoms with Gasteiger partial charge in [-0.15, -0.1) is 0 Å². The van der Waals surface area contributed by atoms with E-state index in [9.17, 15) is 9.59 Å². The van der Waals surface area contributed by atoms with E-state index >= 15 is 0 Å². The molecule has 2 N–H and O–H groups in total. The van der Waals surface area contributed by atoms with Crippen LogP contribution in [0.3, 0.4) is 0 Å². The molecule has 3 rings (SSSR count). The van der Waals surface area contributed by atoms with Gasteiger partial charge in [-0.3, -0.25) is 9.59 Å². The largest absolute Gasteiger partial charge is 0.493 e. The number of ether oxygens (including phenoxy) is 1. The summed E-state index contributed by atoms with van der Waals surface area (Å²) in [5, 5.41) is 5.69. The third kappa shape index (κ3) is 4.76. The third-order valence-corrected chi connectivity index (χ3v) is 4.11. The van der Waals surface area contributed by atoms with E-state index in [2.05, 4.69) is 10.6 Å². The Labute approximate surface area is 164 Å². The van der Waals surface area contributed by atoms with E-state index in [0.717, 1.165) is 11.3 Å². The smallest absolute Gasteiger partial charge is 0.259 e. The van der Waals surface area contributed by atoms with Gasteiger partial charge < -0.3 is 15.4 Å². The molecular weight excluding hydrogens is 352 g/mol. The molecule has 0 bridgehead atoms. The molecule has 0 aromatic heterocycles. The molecule has 5 heteroatoms. The maximum Gasteiger partial charge on any atom is 0.259 e. The topological polar surface area (TPSA) is 67.4 Å². The zero-order chi connectivity index (χ0) is 19.9. The zero-order valence-electron chi connectivity index (χ0n) is 15.9. The predicted octanol–water partition coefficient (Wildman–Crippen LogP) is 4.90. The number of benzene rings is 3. The Hall–Kier alpha value is -3.60. The van der Waals surface area contributed by atoms with Crippen LogP contribution < -0.4 is 15.4 Å². The van der Waals surface area contributed by atoms with Crippen LogP contribution in [-0.4, -0.2) is 18.4 Å². The highest BCUT2D eigenvalue weighted by Gasteiger charge is 2.13. The van der Waals surface area contributed by atoms with Crippen LogP contribution in [0.5, 0.6) is 5.75 Å². The van der Waals surface area contributed by atoms with Gasteiger partial charge in [0, 0.05) is 16.9 Å². The molecule has 0 aliphatic heterocycles. The van der Waals surface area contributed by atoms with Crippen LogP contribution >= 0.6 is 0 Å². The number of amides is 2. The lowest BCUT2D eigenvalue weighted by atomic mass is 10.1. The van der Waals surface area contributed by atoms with E-state index in [0.29, 0.717) is 29.2 Å². The van der Waals surface area contributed by atoms with E-state index < -0.39 is 0 Å². The van der Waals surface area contributed by atoms with Crippen molar-refractivity contribution in [3.05, 3.63) is 89.5 Å². The van der Waals surface area contributed by atoms with Gasteiger partial charge in [0.25, 0.3) is 11.8 Å². The van der Waals surface area contributed by atoms with Gasteiger partial charge in [-0.1, -0.05) is 24.3 Å². The van der Waals surface area contributed by atoms with Gasteiger partial charge in [-0.25, -0.2) is 0 Å². The predicted molar refractivity (Wildman–Crippen MR) is 111 cm³/mol. The number of hydrogen-bond donors (Lipinski definition) is 2. The molecule has 28 heavy (non-hydrogen) atoms. The molecule has 0 aliphatic rings. The Kier molecular flexibility index (Phi) is 6.07. The summed E-state index contributed by atoms with van der Waals surface area (Å²) in [4.78, 5) is 24.9. The number of aryl methyl sites for hydroxylation is 1. The second kappa shape index (κ2) is 8.86. The van der Waals surface area contributed by atoms with E-state index in [1.807, 2.05) is 44.2 Å². The number of carbonyl (C=O) groups excluding carboxylic acids is 2. The van der Waals surface area contributed by atoms with Crippen molar-refractivity contribution in [1.29, 1.82) is 0 Å². The van der Waals surface area contributed by atoms with Crippen molar-refractivity contribution < 1.29 is 14.3 Å². The molecule has 3 aromatic carbocycles. The maximum absolute atomic E-state index is 12.5. The fourth-order valence-electron chi connectivity index (χ4n) is 2.77. The van der Waals surface area contributed by atoms with Crippen molar-refractivity contribution in [3.8, 4) is 5.75 Å². The highest BCUT2D eigenvalue weighted by molar-refractivity contribution is 6.07. The average molecular weight is 374 g/mol. The second-order valence-corrected chi connectivity index (χ2v) is 6.28. The molecule has 0 saturated carbocycles. The number of rotatable bonds is 6. The first kappa shape index (κ1) is 19.2. The first-order valence-electron chi connectivity index (χ1n) is 9.08. The maximum atomic E-state index is 12.5. The summed E-state index contributed by atoms with van der Waals surface area (Å²) in [6.45, 7) is 4.32. The van der Waals surface area contributed by atoms with Gasteiger partial charge >= 0.3 is 0 Å². The molecule has 0 heterocycles. The molecule has 0 fully saturated rings. The Morgan fingerprint density at radius 2 is 1.54 bits per heavy atom. The zero-order valence-corrected chi connectivity index (χ0v) is 15.9. The highest BCUT2D eigenvalue weighted by Crippen LogP contribution is 2.20. The van der Waals surface area contributed by atoms with Gasteiger partial charge in [0.2, 0.25) is 0 Å². The van der Waals surface area contributed by atoms with Crippen molar-refractivity contribution >= 4 is 23.2 Å². The van der Waals surface area contributed by atoms with Crippen molar-refractivity contribution in [3.63, 3.8) is 0 Å². The second-order valence-electron chi connectivity index (χ2n) is 6.28. The average Bonchev–Trinajstić information content (AvgIpc) is 2.69. The van der Waals surface area contributed by atoms with Gasteiger partial charge in [0.15, 0.2) is 0 Å². The number of carbonyl (C=O) groups is 2. The first-order valence-corrected chi connectivity index (χ1v) is 9.08. The molecule has 5 nitrogen and oxygen atoms in total. The number of anilines is 2. The minimum absolute atomic E-state index is 0.204. The van der Waals surface area contributed by atoms with Crippen LogP contribution in [0, 0.1) is 6.92 Å². The molecule has 0 aliphatic carbocycles. The summed E-state index contributed by atoms with van der Waals surface area (Å²) in [5.41, 5.74) is 3.39. The van der Waals surface area contributed by atoms with Gasteiger partial charge in [0.1, 0.15) is 5.75 Å². The van der Waals surface area contributed by atoms with Crippen molar-refractivity contribution in [2.75, 3.05) is 17.2 Å². The minimum Gasteiger partial charge on any atom is -0.493 e. The lowest BCUT2D eigenvalue weighted by Gasteiger charge is -2.11. The highest BCUT2D eigenvalue weighted by atomic mass is 16.5. The fourth-order valence-corrected chi connectivity index (χ4v) is 2.77. The van der Waals surface area contributed by atoms with Crippen LogP contribution in [0.1, 0.15) is 33.2 Å². The van der Waals surface area contributed by atoms with E-state index in [4.69, 9.17) is 4.74 Å². The Balaban J connectivity index is 1.67. The standard InChI is InChI=1S/C23H22N2O3/c1-3-28-21-10-5-4-9-20(21)23(27)24-18-13-11-17(12-14-18)22(26)25-19-8-6-7-16(2)15-19/h4-15H,3H2,1-2H3,(H,24,27)(H,25,26). The summed E-state index contributed by atoms with van der Waals surface area (Å²) < 4.78 is 5.50. The molecule has 142 valence electrons. The lowest BCUT2D eigenvalue weighted by molar-refractivity contribution is 0.101. The molecule has 2 amide bonds. The number of para-hydroxylation sites is 1. The number of nitrogens with one attached hydrogen (secondary N) is 2. The molecule has 0 spiro atoms. The Morgan fingerprint density at radius 1 is 0.821 bits per heavy atom. The van der Waals surface area contributed by atoms with Gasteiger partial charge in [-0.05, 0) is 67.9 Å². The minimum atomic E-state index is -0.263. The van der Waals surface area contributed by atoms with Crippen LogP contribution in [0.25, 0.3) is 0 Å². The molecular formula is C23H22N2O3. The number of hydrogen-bond acceptors (Lipinski definition) is 3. The molecule has 0 atom stereocenters. The fraction of sp³-hybridized carbons (Fsp3) is 0.130. The summed E-state index contributed by atoms with van der Waals surface area (Å²) >= 11 is 0. The molecule has 0 unspecified atom stereocenters. The van der Waals surface area contributed by atoms with Crippen LogP contribution in [0.2, 0.25) is 0 Å². The van der Waals surface area contributed by atoms with E-state index in [1.165, 1.54) is 0 Å². The first-order chi connectivity index (χ1) is 13.6. The molecule has 0 saturated heterocycles. The summed E-state index contributed by atoms with van der Waals surface area (Å²) in [7, 11) is 0. The quantitative estimate of drug-likeness (QED) is 0.645.